The Morgan fingerprint density at radius 2 is 1.87 bits per heavy atom. The molecule has 1 aliphatic heterocycles. The smallest absolute Gasteiger partial charge is 0.160 e. The Morgan fingerprint density at radius 3 is 2.68 bits per heavy atom. The first kappa shape index (κ1) is 19.5. The average Bonchev–Trinajstić information content (AvgIpc) is 2.82. The Morgan fingerprint density at radius 1 is 0.935 bits per heavy atom. The third-order valence-electron chi connectivity index (χ3n) is 6.04. The molecule has 0 atom stereocenters. The van der Waals surface area contributed by atoms with Crippen molar-refractivity contribution in [3.8, 4) is 22.6 Å². The van der Waals surface area contributed by atoms with Crippen LogP contribution in [0.4, 0.5) is 0 Å². The Bertz CT molecular complexity index is 1200. The van der Waals surface area contributed by atoms with Crippen LogP contribution in [0.1, 0.15) is 27.9 Å². The van der Waals surface area contributed by atoms with Crippen LogP contribution in [-0.4, -0.2) is 31.4 Å². The first-order chi connectivity index (χ1) is 15.2. The van der Waals surface area contributed by atoms with Crippen LogP contribution in [-0.2, 0) is 19.5 Å². The second-order valence-corrected chi connectivity index (χ2v) is 8.17. The van der Waals surface area contributed by atoms with Crippen LogP contribution in [0.15, 0.2) is 67.3 Å². The van der Waals surface area contributed by atoms with E-state index in [-0.39, 0.29) is 0 Å². The van der Waals surface area contributed by atoms with E-state index in [1.807, 2.05) is 30.7 Å². The molecule has 0 aliphatic carbocycles. The standard InChI is InChI=1S/C26H25N5/c1-18-5-3-7-23(19(18)2)25-9-8-20(13-28-25)16-31-12-10-24-22(17-31)15-29-26(30-24)21-6-4-11-27-14-21/h3-9,11,13-15H,10,12,16-17H2,1-2H3. The molecule has 0 unspecified atom stereocenters. The van der Waals surface area contributed by atoms with Crippen molar-refractivity contribution in [1.29, 1.82) is 0 Å². The fraction of sp³-hybridized carbons (Fsp3) is 0.231. The Kier molecular flexibility index (Phi) is 5.26. The molecule has 0 spiro atoms. The second-order valence-electron chi connectivity index (χ2n) is 8.17. The van der Waals surface area contributed by atoms with Gasteiger partial charge in [-0.3, -0.25) is 14.9 Å². The van der Waals surface area contributed by atoms with Crippen LogP contribution in [0.2, 0.25) is 0 Å². The fourth-order valence-corrected chi connectivity index (χ4v) is 4.11. The van der Waals surface area contributed by atoms with Crippen molar-refractivity contribution in [2.75, 3.05) is 6.54 Å². The number of rotatable bonds is 4. The monoisotopic (exact) mass is 407 g/mol. The number of aromatic nitrogens is 4. The number of hydrogen-bond acceptors (Lipinski definition) is 5. The highest BCUT2D eigenvalue weighted by Gasteiger charge is 2.19. The highest BCUT2D eigenvalue weighted by Crippen LogP contribution is 2.25. The van der Waals surface area contributed by atoms with Gasteiger partial charge in [0.25, 0.3) is 0 Å². The van der Waals surface area contributed by atoms with E-state index in [0.717, 1.165) is 48.8 Å². The first-order valence-corrected chi connectivity index (χ1v) is 10.7. The Balaban J connectivity index is 1.28. The van der Waals surface area contributed by atoms with E-state index in [4.69, 9.17) is 9.97 Å². The highest BCUT2D eigenvalue weighted by atomic mass is 15.1. The van der Waals surface area contributed by atoms with Gasteiger partial charge in [-0.15, -0.1) is 0 Å². The van der Waals surface area contributed by atoms with Crippen LogP contribution in [0.25, 0.3) is 22.6 Å². The molecule has 3 aromatic heterocycles. The Labute approximate surface area is 182 Å². The SMILES string of the molecule is Cc1cccc(-c2ccc(CN3CCc4nc(-c5cccnc5)ncc4C3)cn2)c1C. The minimum Gasteiger partial charge on any atom is -0.294 e. The van der Waals surface area contributed by atoms with Gasteiger partial charge in [-0.25, -0.2) is 9.97 Å². The molecule has 4 aromatic rings. The first-order valence-electron chi connectivity index (χ1n) is 10.7. The maximum absolute atomic E-state index is 4.80. The largest absolute Gasteiger partial charge is 0.294 e. The fourth-order valence-electron chi connectivity index (χ4n) is 4.11. The minimum absolute atomic E-state index is 0.756. The third kappa shape index (κ3) is 4.09. The zero-order valence-electron chi connectivity index (χ0n) is 17.9. The Hall–Kier alpha value is -3.44. The summed E-state index contributed by atoms with van der Waals surface area (Å²) in [6, 6.07) is 14.6. The lowest BCUT2D eigenvalue weighted by molar-refractivity contribution is 0.242. The summed E-state index contributed by atoms with van der Waals surface area (Å²) in [5.74, 6) is 0.756. The minimum atomic E-state index is 0.756. The van der Waals surface area contributed by atoms with Crippen molar-refractivity contribution in [3.63, 3.8) is 0 Å². The number of hydrogen-bond donors (Lipinski definition) is 0. The van der Waals surface area contributed by atoms with Gasteiger partial charge in [-0.2, -0.15) is 0 Å². The van der Waals surface area contributed by atoms with E-state index in [2.05, 4.69) is 59.0 Å². The highest BCUT2D eigenvalue weighted by molar-refractivity contribution is 5.64. The summed E-state index contributed by atoms with van der Waals surface area (Å²) >= 11 is 0. The molecule has 31 heavy (non-hydrogen) atoms. The lowest BCUT2D eigenvalue weighted by atomic mass is 10.0. The van der Waals surface area contributed by atoms with Gasteiger partial charge < -0.3 is 0 Å². The second kappa shape index (κ2) is 8.36. The molecule has 5 heteroatoms. The number of pyridine rings is 2. The summed E-state index contributed by atoms with van der Waals surface area (Å²) in [6.45, 7) is 7.03. The van der Waals surface area contributed by atoms with Crippen LogP contribution in [0, 0.1) is 13.8 Å². The molecule has 1 aliphatic rings. The van der Waals surface area contributed by atoms with Crippen molar-refractivity contribution in [1.82, 2.24) is 24.8 Å². The third-order valence-corrected chi connectivity index (χ3v) is 6.04. The molecular formula is C26H25N5. The van der Waals surface area contributed by atoms with E-state index in [1.54, 1.807) is 6.20 Å². The maximum Gasteiger partial charge on any atom is 0.160 e. The van der Waals surface area contributed by atoms with Gasteiger partial charge in [-0.05, 0) is 48.7 Å². The molecule has 1 aromatic carbocycles. The molecule has 0 saturated carbocycles. The van der Waals surface area contributed by atoms with Crippen molar-refractivity contribution in [3.05, 3.63) is 95.2 Å². The van der Waals surface area contributed by atoms with Gasteiger partial charge in [0, 0.05) is 67.5 Å². The molecule has 5 nitrogen and oxygen atoms in total. The summed E-state index contributed by atoms with van der Waals surface area (Å²) in [5.41, 5.74) is 9.37. The van der Waals surface area contributed by atoms with Crippen LogP contribution in [0.3, 0.4) is 0 Å². The van der Waals surface area contributed by atoms with E-state index in [0.29, 0.717) is 0 Å². The van der Waals surface area contributed by atoms with Gasteiger partial charge in [0.05, 0.1) is 11.4 Å². The average molecular weight is 408 g/mol. The predicted octanol–water partition coefficient (Wildman–Crippen LogP) is 4.78. The van der Waals surface area contributed by atoms with Crippen molar-refractivity contribution in [2.24, 2.45) is 0 Å². The maximum atomic E-state index is 4.80. The molecule has 0 N–H and O–H groups in total. The molecule has 0 saturated heterocycles. The van der Waals surface area contributed by atoms with Crippen LogP contribution < -0.4 is 0 Å². The molecule has 0 fully saturated rings. The van der Waals surface area contributed by atoms with Gasteiger partial charge in [0.2, 0.25) is 0 Å². The van der Waals surface area contributed by atoms with E-state index < -0.39 is 0 Å². The van der Waals surface area contributed by atoms with E-state index in [9.17, 15) is 0 Å². The number of nitrogens with zero attached hydrogens (tertiary/aromatic N) is 5. The van der Waals surface area contributed by atoms with Gasteiger partial charge in [-0.1, -0.05) is 24.3 Å². The van der Waals surface area contributed by atoms with Crippen LogP contribution >= 0.6 is 0 Å². The van der Waals surface area contributed by atoms with E-state index in [1.165, 1.54) is 27.8 Å². The lowest BCUT2D eigenvalue weighted by Gasteiger charge is -2.28. The van der Waals surface area contributed by atoms with Gasteiger partial charge >= 0.3 is 0 Å². The zero-order chi connectivity index (χ0) is 21.2. The summed E-state index contributed by atoms with van der Waals surface area (Å²) < 4.78 is 0. The molecule has 5 rings (SSSR count). The van der Waals surface area contributed by atoms with Crippen molar-refractivity contribution in [2.45, 2.75) is 33.4 Å². The number of aryl methyl sites for hydroxylation is 1. The molecule has 0 amide bonds. The number of fused-ring (bicyclic) bond motifs is 1. The quantitative estimate of drug-likeness (QED) is 0.487. The predicted molar refractivity (Wildman–Crippen MR) is 122 cm³/mol. The summed E-state index contributed by atoms with van der Waals surface area (Å²) in [4.78, 5) is 20.7. The van der Waals surface area contributed by atoms with E-state index >= 15 is 0 Å². The molecular weight excluding hydrogens is 382 g/mol. The topological polar surface area (TPSA) is 54.8 Å². The molecule has 4 heterocycles. The van der Waals surface area contributed by atoms with Crippen molar-refractivity contribution >= 4 is 0 Å². The van der Waals surface area contributed by atoms with Crippen LogP contribution in [0.5, 0.6) is 0 Å². The summed E-state index contributed by atoms with van der Waals surface area (Å²) in [7, 11) is 0. The van der Waals surface area contributed by atoms with Crippen molar-refractivity contribution < 1.29 is 0 Å². The van der Waals surface area contributed by atoms with Gasteiger partial charge in [0.15, 0.2) is 5.82 Å². The zero-order valence-corrected chi connectivity index (χ0v) is 17.9. The summed E-state index contributed by atoms with van der Waals surface area (Å²) in [5, 5.41) is 0. The lowest BCUT2D eigenvalue weighted by Crippen LogP contribution is -2.31. The van der Waals surface area contributed by atoms with Gasteiger partial charge in [0.1, 0.15) is 0 Å². The molecule has 0 bridgehead atoms. The molecule has 154 valence electrons. The molecule has 0 radical (unpaired) electrons. The number of benzene rings is 1. The summed E-state index contributed by atoms with van der Waals surface area (Å²) in [6.07, 6.45) is 8.49. The normalized spacial score (nSPS) is 13.7.